The second-order valence-electron chi connectivity index (χ2n) is 4.72. The Kier molecular flexibility index (Phi) is 4.15. The molecule has 1 aromatic carbocycles. The topological polar surface area (TPSA) is 49.3 Å². The number of hydrogen-bond donors (Lipinski definition) is 2. The van der Waals surface area contributed by atoms with E-state index < -0.39 is 5.54 Å². The van der Waals surface area contributed by atoms with Crippen LogP contribution < -0.4 is 5.32 Å². The van der Waals surface area contributed by atoms with Crippen LogP contribution in [0.5, 0.6) is 0 Å². The lowest BCUT2D eigenvalue weighted by Gasteiger charge is -2.28. The number of nitrogens with one attached hydrogen (secondary N) is 1. The highest BCUT2D eigenvalue weighted by atomic mass is 35.5. The Hall–Kier alpha value is -0.770. The van der Waals surface area contributed by atoms with Gasteiger partial charge in [0.15, 0.2) is 0 Å². The molecule has 0 atom stereocenters. The molecular formula is C13H15Cl2NO2. The van der Waals surface area contributed by atoms with E-state index in [-0.39, 0.29) is 12.5 Å². The molecular weight excluding hydrogens is 273 g/mol. The minimum atomic E-state index is -0.486. The Bertz CT molecular complexity index is 456. The van der Waals surface area contributed by atoms with Gasteiger partial charge in [-0.05, 0) is 31.0 Å². The van der Waals surface area contributed by atoms with Crippen LogP contribution in [0.2, 0.25) is 10.0 Å². The Morgan fingerprint density at radius 3 is 2.56 bits per heavy atom. The number of amides is 1. The van der Waals surface area contributed by atoms with Crippen LogP contribution in [0.3, 0.4) is 0 Å². The number of benzene rings is 1. The minimum Gasteiger partial charge on any atom is -0.394 e. The van der Waals surface area contributed by atoms with Crippen molar-refractivity contribution in [2.75, 3.05) is 6.61 Å². The van der Waals surface area contributed by atoms with E-state index >= 15 is 0 Å². The first-order valence-corrected chi connectivity index (χ1v) is 6.70. The molecule has 2 N–H and O–H groups in total. The first kappa shape index (κ1) is 13.7. The van der Waals surface area contributed by atoms with Gasteiger partial charge in [0, 0.05) is 5.02 Å². The van der Waals surface area contributed by atoms with Crippen molar-refractivity contribution in [3.63, 3.8) is 0 Å². The average Bonchev–Trinajstić information content (AvgIpc) is 2.78. The molecule has 2 rings (SSSR count). The monoisotopic (exact) mass is 287 g/mol. The molecule has 18 heavy (non-hydrogen) atoms. The molecule has 0 heterocycles. The molecule has 0 unspecified atom stereocenters. The molecule has 1 fully saturated rings. The van der Waals surface area contributed by atoms with Gasteiger partial charge in [0.05, 0.1) is 22.7 Å². The molecule has 1 aromatic rings. The van der Waals surface area contributed by atoms with E-state index in [0.29, 0.717) is 15.6 Å². The van der Waals surface area contributed by atoms with Crippen molar-refractivity contribution in [3.8, 4) is 0 Å². The third-order valence-electron chi connectivity index (χ3n) is 3.42. The lowest BCUT2D eigenvalue weighted by atomic mass is 9.98. The third-order valence-corrected chi connectivity index (χ3v) is 3.97. The van der Waals surface area contributed by atoms with Crippen LogP contribution in [0, 0.1) is 0 Å². The fourth-order valence-electron chi connectivity index (χ4n) is 2.36. The fourth-order valence-corrected chi connectivity index (χ4v) is 2.85. The summed E-state index contributed by atoms with van der Waals surface area (Å²) in [6.07, 6.45) is 3.66. The predicted octanol–water partition coefficient (Wildman–Crippen LogP) is 3.03. The highest BCUT2D eigenvalue weighted by Crippen LogP contribution is 2.30. The molecule has 5 heteroatoms. The molecule has 1 amide bonds. The quantitative estimate of drug-likeness (QED) is 0.898. The molecule has 0 bridgehead atoms. The van der Waals surface area contributed by atoms with E-state index in [9.17, 15) is 9.90 Å². The number of carbonyl (C=O) groups excluding carboxylic acids is 1. The number of aliphatic hydroxyl groups excluding tert-OH is 1. The molecule has 0 aromatic heterocycles. The zero-order valence-corrected chi connectivity index (χ0v) is 11.4. The van der Waals surface area contributed by atoms with Crippen LogP contribution in [0.4, 0.5) is 0 Å². The maximum absolute atomic E-state index is 12.1. The van der Waals surface area contributed by atoms with Crippen LogP contribution in [-0.4, -0.2) is 23.2 Å². The molecule has 3 nitrogen and oxygen atoms in total. The van der Waals surface area contributed by atoms with Crippen molar-refractivity contribution in [1.82, 2.24) is 5.32 Å². The van der Waals surface area contributed by atoms with Crippen molar-refractivity contribution in [3.05, 3.63) is 33.8 Å². The maximum Gasteiger partial charge on any atom is 0.253 e. The van der Waals surface area contributed by atoms with E-state index in [0.717, 1.165) is 25.7 Å². The van der Waals surface area contributed by atoms with Gasteiger partial charge < -0.3 is 10.4 Å². The lowest BCUT2D eigenvalue weighted by Crippen LogP contribution is -2.49. The maximum atomic E-state index is 12.1. The van der Waals surface area contributed by atoms with E-state index in [2.05, 4.69) is 5.32 Å². The average molecular weight is 288 g/mol. The van der Waals surface area contributed by atoms with Crippen LogP contribution >= 0.6 is 23.2 Å². The first-order valence-electron chi connectivity index (χ1n) is 5.95. The summed E-state index contributed by atoms with van der Waals surface area (Å²) in [5.41, 5.74) is -0.0964. The van der Waals surface area contributed by atoms with Gasteiger partial charge in [-0.3, -0.25) is 4.79 Å². The lowest BCUT2D eigenvalue weighted by molar-refractivity contribution is 0.0838. The second-order valence-corrected chi connectivity index (χ2v) is 5.57. The number of halogens is 2. The summed E-state index contributed by atoms with van der Waals surface area (Å²) >= 11 is 11.8. The number of rotatable bonds is 3. The van der Waals surface area contributed by atoms with Crippen LogP contribution in [0.15, 0.2) is 18.2 Å². The zero-order valence-electron chi connectivity index (χ0n) is 9.88. The summed E-state index contributed by atoms with van der Waals surface area (Å²) in [5, 5.41) is 13.2. The number of hydrogen-bond acceptors (Lipinski definition) is 2. The van der Waals surface area contributed by atoms with Crippen molar-refractivity contribution < 1.29 is 9.90 Å². The molecule has 0 aliphatic heterocycles. The largest absolute Gasteiger partial charge is 0.394 e. The Morgan fingerprint density at radius 2 is 2.00 bits per heavy atom. The van der Waals surface area contributed by atoms with Crippen LogP contribution in [0.25, 0.3) is 0 Å². The molecule has 0 spiro atoms. The standard InChI is InChI=1S/C13H15Cl2NO2/c14-9-3-4-10(11(15)7-9)12(18)16-13(8-17)5-1-2-6-13/h3-4,7,17H,1-2,5-6,8H2,(H,16,18). The number of aliphatic hydroxyl groups is 1. The SMILES string of the molecule is O=C(NC1(CO)CCCC1)c1ccc(Cl)cc1Cl. The smallest absolute Gasteiger partial charge is 0.253 e. The summed E-state index contributed by atoms with van der Waals surface area (Å²) < 4.78 is 0. The Balaban J connectivity index is 2.16. The number of carbonyl (C=O) groups is 1. The first-order chi connectivity index (χ1) is 8.56. The van der Waals surface area contributed by atoms with Gasteiger partial charge in [-0.2, -0.15) is 0 Å². The van der Waals surface area contributed by atoms with E-state index in [1.807, 2.05) is 0 Å². The van der Waals surface area contributed by atoms with Gasteiger partial charge in [-0.15, -0.1) is 0 Å². The van der Waals surface area contributed by atoms with Crippen LogP contribution in [-0.2, 0) is 0 Å². The van der Waals surface area contributed by atoms with Crippen molar-refractivity contribution >= 4 is 29.1 Å². The van der Waals surface area contributed by atoms with E-state index in [1.165, 1.54) is 6.07 Å². The van der Waals surface area contributed by atoms with Gasteiger partial charge in [0.25, 0.3) is 5.91 Å². The summed E-state index contributed by atoms with van der Waals surface area (Å²) in [4.78, 5) is 12.1. The summed E-state index contributed by atoms with van der Waals surface area (Å²) in [6, 6.07) is 4.76. The zero-order chi connectivity index (χ0) is 13.2. The highest BCUT2D eigenvalue weighted by molar-refractivity contribution is 6.36. The Labute approximate surface area is 116 Å². The molecule has 1 saturated carbocycles. The fraction of sp³-hybridized carbons (Fsp3) is 0.462. The van der Waals surface area contributed by atoms with Gasteiger partial charge in [0.2, 0.25) is 0 Å². The van der Waals surface area contributed by atoms with Gasteiger partial charge in [0.1, 0.15) is 0 Å². The van der Waals surface area contributed by atoms with E-state index in [1.54, 1.807) is 12.1 Å². The molecule has 0 radical (unpaired) electrons. The third kappa shape index (κ3) is 2.79. The van der Waals surface area contributed by atoms with E-state index in [4.69, 9.17) is 23.2 Å². The van der Waals surface area contributed by atoms with Gasteiger partial charge >= 0.3 is 0 Å². The van der Waals surface area contributed by atoms with Crippen molar-refractivity contribution in [2.24, 2.45) is 0 Å². The molecule has 1 aliphatic carbocycles. The highest BCUT2D eigenvalue weighted by Gasteiger charge is 2.35. The van der Waals surface area contributed by atoms with Gasteiger partial charge in [-0.1, -0.05) is 36.0 Å². The molecule has 1 aliphatic rings. The summed E-state index contributed by atoms with van der Waals surface area (Å²) in [5.74, 6) is -0.257. The molecule has 0 saturated heterocycles. The predicted molar refractivity (Wildman–Crippen MR) is 72.2 cm³/mol. The van der Waals surface area contributed by atoms with Crippen LogP contribution in [0.1, 0.15) is 36.0 Å². The normalized spacial score (nSPS) is 17.7. The van der Waals surface area contributed by atoms with Crippen molar-refractivity contribution in [2.45, 2.75) is 31.2 Å². The summed E-state index contributed by atoms with van der Waals surface area (Å²) in [7, 11) is 0. The second kappa shape index (κ2) is 5.47. The van der Waals surface area contributed by atoms with Gasteiger partial charge in [-0.25, -0.2) is 0 Å². The summed E-state index contributed by atoms with van der Waals surface area (Å²) in [6.45, 7) is -0.0377. The van der Waals surface area contributed by atoms with Crippen molar-refractivity contribution in [1.29, 1.82) is 0 Å². The Morgan fingerprint density at radius 1 is 1.33 bits per heavy atom. The molecule has 98 valence electrons. The minimum absolute atomic E-state index is 0.0377.